The van der Waals surface area contributed by atoms with E-state index in [9.17, 15) is 9.59 Å². The summed E-state index contributed by atoms with van der Waals surface area (Å²) in [6, 6.07) is 8.39. The fourth-order valence-corrected chi connectivity index (χ4v) is 2.45. The summed E-state index contributed by atoms with van der Waals surface area (Å²) < 4.78 is 0. The van der Waals surface area contributed by atoms with Crippen molar-refractivity contribution in [2.24, 2.45) is 0 Å². The lowest BCUT2D eigenvalue weighted by atomic mass is 10.1. The summed E-state index contributed by atoms with van der Waals surface area (Å²) in [7, 11) is 0. The summed E-state index contributed by atoms with van der Waals surface area (Å²) in [5.74, 6) is 0.303. The first-order valence-electron chi connectivity index (χ1n) is 8.52. The number of nitrogens with one attached hydrogen (secondary N) is 2. The van der Waals surface area contributed by atoms with Crippen LogP contribution in [0.2, 0.25) is 0 Å². The zero-order valence-electron chi connectivity index (χ0n) is 14.7. The Morgan fingerprint density at radius 2 is 1.74 bits per heavy atom. The molecular formula is C19H30N2O2. The lowest BCUT2D eigenvalue weighted by Crippen LogP contribution is -2.29. The molecule has 0 saturated heterocycles. The van der Waals surface area contributed by atoms with Crippen LogP contribution in [0.15, 0.2) is 24.3 Å². The van der Waals surface area contributed by atoms with Gasteiger partial charge in [-0.1, -0.05) is 24.3 Å². The van der Waals surface area contributed by atoms with Crippen LogP contribution in [-0.2, 0) is 11.2 Å². The van der Waals surface area contributed by atoms with Gasteiger partial charge in [0.2, 0.25) is 0 Å². The molecule has 0 bridgehead atoms. The van der Waals surface area contributed by atoms with Crippen LogP contribution in [-0.4, -0.2) is 37.2 Å². The number of benzene rings is 1. The van der Waals surface area contributed by atoms with E-state index in [1.807, 2.05) is 24.3 Å². The summed E-state index contributed by atoms with van der Waals surface area (Å²) in [5.41, 5.74) is 2.05. The number of aryl methyl sites for hydroxylation is 1. The Morgan fingerprint density at radius 1 is 1.04 bits per heavy atom. The van der Waals surface area contributed by atoms with Crippen molar-refractivity contribution in [1.29, 1.82) is 0 Å². The molecule has 1 aromatic rings. The smallest absolute Gasteiger partial charge is 0.159 e. The number of Topliss-reactive ketones (excluding diaryl/α,β-unsaturated/α-hetero) is 2. The van der Waals surface area contributed by atoms with E-state index in [0.29, 0.717) is 12.6 Å². The van der Waals surface area contributed by atoms with Crippen LogP contribution in [0.1, 0.15) is 56.0 Å². The number of carbonyl (C=O) groups excluding carboxylic acids is 2. The largest absolute Gasteiger partial charge is 0.314 e. The van der Waals surface area contributed by atoms with Crippen molar-refractivity contribution in [3.8, 4) is 0 Å². The Bertz CT molecular complexity index is 483. The number of rotatable bonds is 12. The van der Waals surface area contributed by atoms with Crippen molar-refractivity contribution >= 4 is 11.6 Å². The van der Waals surface area contributed by atoms with E-state index < -0.39 is 0 Å². The maximum atomic E-state index is 11.2. The van der Waals surface area contributed by atoms with Crippen LogP contribution in [0, 0.1) is 0 Å². The molecule has 0 aliphatic carbocycles. The first kappa shape index (κ1) is 19.5. The minimum absolute atomic E-state index is 0.116. The Labute approximate surface area is 140 Å². The van der Waals surface area contributed by atoms with Gasteiger partial charge in [0.25, 0.3) is 0 Å². The molecule has 0 aliphatic rings. The molecule has 4 heteroatoms. The number of hydrogen-bond donors (Lipinski definition) is 2. The van der Waals surface area contributed by atoms with Crippen LogP contribution in [0.25, 0.3) is 0 Å². The molecule has 1 rings (SSSR count). The first-order valence-corrected chi connectivity index (χ1v) is 8.52. The highest BCUT2D eigenvalue weighted by atomic mass is 16.1. The Balaban J connectivity index is 2.07. The lowest BCUT2D eigenvalue weighted by molar-refractivity contribution is -0.116. The van der Waals surface area contributed by atoms with Gasteiger partial charge in [0.1, 0.15) is 5.78 Å². The summed E-state index contributed by atoms with van der Waals surface area (Å²) in [6.45, 7) is 7.77. The van der Waals surface area contributed by atoms with E-state index in [1.165, 1.54) is 5.56 Å². The molecule has 0 fully saturated rings. The van der Waals surface area contributed by atoms with Crippen LogP contribution in [0.3, 0.4) is 0 Å². The zero-order valence-corrected chi connectivity index (χ0v) is 14.7. The van der Waals surface area contributed by atoms with E-state index >= 15 is 0 Å². The van der Waals surface area contributed by atoms with E-state index in [0.717, 1.165) is 44.3 Å². The van der Waals surface area contributed by atoms with Gasteiger partial charge in [0.05, 0.1) is 6.54 Å². The Kier molecular flexibility index (Phi) is 9.41. The lowest BCUT2D eigenvalue weighted by Gasteiger charge is -2.13. The Morgan fingerprint density at radius 3 is 2.35 bits per heavy atom. The highest BCUT2D eigenvalue weighted by Gasteiger charge is 2.02. The fraction of sp³-hybridized carbons (Fsp3) is 0.579. The van der Waals surface area contributed by atoms with E-state index in [4.69, 9.17) is 0 Å². The van der Waals surface area contributed by atoms with E-state index in [1.54, 1.807) is 13.8 Å². The molecule has 0 radical (unpaired) electrons. The maximum absolute atomic E-state index is 11.2. The third-order valence-electron chi connectivity index (χ3n) is 3.86. The van der Waals surface area contributed by atoms with Crippen molar-refractivity contribution in [2.45, 2.75) is 52.5 Å². The summed E-state index contributed by atoms with van der Waals surface area (Å²) in [6.07, 6.45) is 4.30. The van der Waals surface area contributed by atoms with Crippen molar-refractivity contribution in [2.75, 3.05) is 19.6 Å². The standard InChI is InChI=1S/C19H30N2O2/c1-15(6-4-12-20-14-16(2)22)21-13-5-7-18-8-10-19(11-9-18)17(3)23/h8-11,15,20-21H,4-7,12-14H2,1-3H3. The average Bonchev–Trinajstić information content (AvgIpc) is 2.51. The quantitative estimate of drug-likeness (QED) is 0.459. The molecule has 1 aromatic carbocycles. The van der Waals surface area contributed by atoms with Crippen LogP contribution >= 0.6 is 0 Å². The van der Waals surface area contributed by atoms with E-state index in [-0.39, 0.29) is 11.6 Å². The maximum Gasteiger partial charge on any atom is 0.159 e. The van der Waals surface area contributed by atoms with Gasteiger partial charge in [0.15, 0.2) is 5.78 Å². The highest BCUT2D eigenvalue weighted by molar-refractivity contribution is 5.93. The molecule has 1 unspecified atom stereocenters. The molecule has 23 heavy (non-hydrogen) atoms. The van der Waals surface area contributed by atoms with Gasteiger partial charge in [0, 0.05) is 11.6 Å². The van der Waals surface area contributed by atoms with Gasteiger partial charge in [-0.2, -0.15) is 0 Å². The summed E-state index contributed by atoms with van der Waals surface area (Å²) >= 11 is 0. The van der Waals surface area contributed by atoms with Crippen LogP contribution < -0.4 is 10.6 Å². The van der Waals surface area contributed by atoms with Gasteiger partial charge in [-0.25, -0.2) is 0 Å². The van der Waals surface area contributed by atoms with Crippen molar-refractivity contribution in [1.82, 2.24) is 10.6 Å². The highest BCUT2D eigenvalue weighted by Crippen LogP contribution is 2.07. The number of carbonyl (C=O) groups is 2. The molecular weight excluding hydrogens is 288 g/mol. The number of ketones is 2. The van der Waals surface area contributed by atoms with Gasteiger partial charge < -0.3 is 10.6 Å². The molecule has 0 spiro atoms. The second-order valence-corrected chi connectivity index (χ2v) is 6.23. The molecule has 128 valence electrons. The Hall–Kier alpha value is -1.52. The minimum Gasteiger partial charge on any atom is -0.314 e. The monoisotopic (exact) mass is 318 g/mol. The third-order valence-corrected chi connectivity index (χ3v) is 3.86. The van der Waals surface area contributed by atoms with Gasteiger partial charge in [-0.15, -0.1) is 0 Å². The van der Waals surface area contributed by atoms with Crippen LogP contribution in [0.4, 0.5) is 0 Å². The van der Waals surface area contributed by atoms with Crippen molar-refractivity contribution < 1.29 is 9.59 Å². The normalized spacial score (nSPS) is 12.1. The molecule has 0 saturated carbocycles. The summed E-state index contributed by atoms with van der Waals surface area (Å²) in [5, 5.41) is 6.67. The van der Waals surface area contributed by atoms with Crippen molar-refractivity contribution in [3.63, 3.8) is 0 Å². The second-order valence-electron chi connectivity index (χ2n) is 6.23. The molecule has 4 nitrogen and oxygen atoms in total. The van der Waals surface area contributed by atoms with Gasteiger partial charge in [-0.3, -0.25) is 9.59 Å². The second kappa shape index (κ2) is 11.1. The van der Waals surface area contributed by atoms with E-state index in [2.05, 4.69) is 17.6 Å². The third kappa shape index (κ3) is 9.26. The number of hydrogen-bond acceptors (Lipinski definition) is 4. The molecule has 0 aliphatic heterocycles. The van der Waals surface area contributed by atoms with Crippen molar-refractivity contribution in [3.05, 3.63) is 35.4 Å². The fourth-order valence-electron chi connectivity index (χ4n) is 2.45. The van der Waals surface area contributed by atoms with Crippen LogP contribution in [0.5, 0.6) is 0 Å². The average molecular weight is 318 g/mol. The zero-order chi connectivity index (χ0) is 17.1. The minimum atomic E-state index is 0.116. The first-order chi connectivity index (χ1) is 11.0. The predicted molar refractivity (Wildman–Crippen MR) is 95.0 cm³/mol. The molecule has 0 aromatic heterocycles. The predicted octanol–water partition coefficient (Wildman–Crippen LogP) is 2.76. The molecule has 2 N–H and O–H groups in total. The molecule has 1 atom stereocenters. The SMILES string of the molecule is CC(=O)CNCCCC(C)NCCCc1ccc(C(C)=O)cc1. The van der Waals surface area contributed by atoms with Gasteiger partial charge in [-0.05, 0) is 65.1 Å². The molecule has 0 heterocycles. The molecule has 0 amide bonds. The summed E-state index contributed by atoms with van der Waals surface area (Å²) in [4.78, 5) is 22.0. The van der Waals surface area contributed by atoms with Gasteiger partial charge >= 0.3 is 0 Å². The topological polar surface area (TPSA) is 58.2 Å².